The monoisotopic (exact) mass is 963 g/mol. The summed E-state index contributed by atoms with van der Waals surface area (Å²) in [4.78, 5) is 36.6. The van der Waals surface area contributed by atoms with Gasteiger partial charge in [-0.1, -0.05) is 181 Å². The Morgan fingerprint density at radius 1 is 0.353 bits per heavy atom. The standard InChI is InChI=1S/C57H102O11/c1-4-7-10-11-16-25-34-46-47(63-46)35-26-18-14-20-29-38-56(58)60-43-45(68-62-40-31-22-13-12-17-27-36-50-54(66-50)41-52-48(64-52)32-23-8-5-2)44-61-57(59)39-30-21-15-19-28-37-51-55(67-51)42-53-49(65-53)33-24-9-6-3/h45-55H,4-44H2,1-3H3. The Bertz CT molecular complexity index is 1280. The molecule has 396 valence electrons. The fourth-order valence-electron chi connectivity index (χ4n) is 10.3. The van der Waals surface area contributed by atoms with E-state index in [2.05, 4.69) is 20.8 Å². The summed E-state index contributed by atoms with van der Waals surface area (Å²) < 4.78 is 40.7. The Morgan fingerprint density at radius 2 is 0.632 bits per heavy atom. The number of hydrogen-bond donors (Lipinski definition) is 0. The average molecular weight is 963 g/mol. The third-order valence-corrected chi connectivity index (χ3v) is 15.2. The highest BCUT2D eigenvalue weighted by molar-refractivity contribution is 5.69. The second-order valence-corrected chi connectivity index (χ2v) is 21.5. The van der Waals surface area contributed by atoms with Crippen molar-refractivity contribution in [3.8, 4) is 0 Å². The van der Waals surface area contributed by atoms with Crippen LogP contribution in [0.5, 0.6) is 0 Å². The zero-order chi connectivity index (χ0) is 47.9. The van der Waals surface area contributed by atoms with E-state index in [1.165, 1.54) is 128 Å². The largest absolute Gasteiger partial charge is 0.463 e. The minimum atomic E-state index is -0.656. The third kappa shape index (κ3) is 27.5. The highest BCUT2D eigenvalue weighted by Crippen LogP contribution is 2.40. The first-order valence-corrected chi connectivity index (χ1v) is 29.3. The molecule has 5 rings (SSSR count). The summed E-state index contributed by atoms with van der Waals surface area (Å²) in [5.74, 6) is -0.490. The van der Waals surface area contributed by atoms with E-state index in [1.54, 1.807) is 0 Å². The lowest BCUT2D eigenvalue weighted by Crippen LogP contribution is -2.29. The summed E-state index contributed by atoms with van der Waals surface area (Å²) in [6.07, 6.45) is 46.9. The smallest absolute Gasteiger partial charge is 0.305 e. The molecule has 0 aromatic heterocycles. The van der Waals surface area contributed by atoms with E-state index >= 15 is 0 Å². The Kier molecular flexibility index (Phi) is 30.2. The van der Waals surface area contributed by atoms with Crippen LogP contribution in [0.4, 0.5) is 0 Å². The maximum atomic E-state index is 12.7. The summed E-state index contributed by atoms with van der Waals surface area (Å²) in [5.41, 5.74) is 0. The van der Waals surface area contributed by atoms with Gasteiger partial charge in [0.15, 0.2) is 6.10 Å². The molecule has 5 aliphatic rings. The quantitative estimate of drug-likeness (QED) is 0.0190. The summed E-state index contributed by atoms with van der Waals surface area (Å²) >= 11 is 0. The van der Waals surface area contributed by atoms with Crippen molar-refractivity contribution < 1.29 is 52.5 Å². The van der Waals surface area contributed by atoms with E-state index in [0.717, 1.165) is 103 Å². The van der Waals surface area contributed by atoms with Crippen LogP contribution in [-0.2, 0) is 52.5 Å². The Balaban J connectivity index is 0.843. The lowest BCUT2D eigenvalue weighted by molar-refractivity contribution is -0.334. The molecule has 68 heavy (non-hydrogen) atoms. The van der Waals surface area contributed by atoms with Gasteiger partial charge in [0.1, 0.15) is 13.2 Å². The van der Waals surface area contributed by atoms with E-state index in [9.17, 15) is 9.59 Å². The first-order valence-electron chi connectivity index (χ1n) is 29.3. The van der Waals surface area contributed by atoms with Crippen molar-refractivity contribution in [2.45, 2.75) is 332 Å². The maximum absolute atomic E-state index is 12.7. The molecule has 11 atom stereocenters. The molecule has 5 heterocycles. The van der Waals surface area contributed by atoms with Crippen molar-refractivity contribution in [2.24, 2.45) is 0 Å². The van der Waals surface area contributed by atoms with Gasteiger partial charge in [-0.2, -0.15) is 0 Å². The number of rotatable bonds is 50. The molecule has 0 N–H and O–H groups in total. The Labute approximate surface area is 414 Å². The van der Waals surface area contributed by atoms with Crippen molar-refractivity contribution in [1.82, 2.24) is 0 Å². The van der Waals surface area contributed by atoms with E-state index in [-0.39, 0.29) is 25.2 Å². The molecule has 0 amide bonds. The van der Waals surface area contributed by atoms with E-state index < -0.39 is 6.10 Å². The molecule has 0 aromatic rings. The van der Waals surface area contributed by atoms with Crippen LogP contribution in [0.1, 0.15) is 265 Å². The van der Waals surface area contributed by atoms with Gasteiger partial charge in [-0.15, -0.1) is 0 Å². The molecule has 0 bridgehead atoms. The lowest BCUT2D eigenvalue weighted by atomic mass is 10.0. The Morgan fingerprint density at radius 3 is 1.01 bits per heavy atom. The highest BCUT2D eigenvalue weighted by atomic mass is 17.2. The third-order valence-electron chi connectivity index (χ3n) is 15.2. The van der Waals surface area contributed by atoms with Crippen LogP contribution in [0, 0.1) is 0 Å². The van der Waals surface area contributed by atoms with Crippen LogP contribution < -0.4 is 0 Å². The van der Waals surface area contributed by atoms with Gasteiger partial charge in [-0.25, -0.2) is 9.78 Å². The highest BCUT2D eigenvalue weighted by Gasteiger charge is 2.48. The fraction of sp³-hybridized carbons (Fsp3) is 0.965. The van der Waals surface area contributed by atoms with Crippen LogP contribution in [0.25, 0.3) is 0 Å². The first-order chi connectivity index (χ1) is 33.5. The van der Waals surface area contributed by atoms with Crippen molar-refractivity contribution in [3.05, 3.63) is 0 Å². The molecule has 11 nitrogen and oxygen atoms in total. The topological polar surface area (TPSA) is 134 Å². The van der Waals surface area contributed by atoms with E-state index in [1.807, 2.05) is 0 Å². The number of hydrogen-bond acceptors (Lipinski definition) is 11. The minimum Gasteiger partial charge on any atom is -0.463 e. The van der Waals surface area contributed by atoms with E-state index in [0.29, 0.717) is 80.5 Å². The van der Waals surface area contributed by atoms with Gasteiger partial charge in [-0.3, -0.25) is 9.59 Å². The molecule has 0 radical (unpaired) electrons. The summed E-state index contributed by atoms with van der Waals surface area (Å²) in [5, 5.41) is 0. The first kappa shape index (κ1) is 57.6. The van der Waals surface area contributed by atoms with Crippen molar-refractivity contribution in [2.75, 3.05) is 19.8 Å². The zero-order valence-electron chi connectivity index (χ0n) is 43.8. The van der Waals surface area contributed by atoms with Gasteiger partial charge in [0.05, 0.1) is 67.6 Å². The van der Waals surface area contributed by atoms with Crippen molar-refractivity contribution >= 4 is 11.9 Å². The molecule has 5 saturated heterocycles. The van der Waals surface area contributed by atoms with Crippen LogP contribution in [0.2, 0.25) is 0 Å². The molecule has 11 heteroatoms. The van der Waals surface area contributed by atoms with Gasteiger partial charge in [0, 0.05) is 25.7 Å². The van der Waals surface area contributed by atoms with Gasteiger partial charge in [0.2, 0.25) is 0 Å². The number of unbranched alkanes of at least 4 members (excludes halogenated alkanes) is 22. The van der Waals surface area contributed by atoms with Crippen LogP contribution >= 0.6 is 0 Å². The van der Waals surface area contributed by atoms with Crippen molar-refractivity contribution in [1.29, 1.82) is 0 Å². The predicted octanol–water partition coefficient (Wildman–Crippen LogP) is 14.1. The number of esters is 2. The molecule has 0 saturated carbocycles. The predicted molar refractivity (Wildman–Crippen MR) is 269 cm³/mol. The second-order valence-electron chi connectivity index (χ2n) is 21.5. The fourth-order valence-corrected chi connectivity index (χ4v) is 10.3. The minimum absolute atomic E-state index is 0.00334. The number of epoxide rings is 5. The number of carbonyl (C=O) groups excluding carboxylic acids is 2. The van der Waals surface area contributed by atoms with Gasteiger partial charge in [0.25, 0.3) is 0 Å². The zero-order valence-corrected chi connectivity index (χ0v) is 43.8. The average Bonchev–Trinajstić information content (AvgIpc) is 4.06. The normalized spacial score (nSPS) is 27.0. The van der Waals surface area contributed by atoms with Gasteiger partial charge >= 0.3 is 11.9 Å². The number of ether oxygens (including phenoxy) is 7. The van der Waals surface area contributed by atoms with E-state index in [4.69, 9.17) is 42.9 Å². The summed E-state index contributed by atoms with van der Waals surface area (Å²) in [6.45, 7) is 7.22. The second kappa shape index (κ2) is 35.7. The maximum Gasteiger partial charge on any atom is 0.305 e. The Hall–Kier alpha value is -1.34. The molecule has 0 spiro atoms. The molecule has 0 aliphatic carbocycles. The molecule has 0 aromatic carbocycles. The van der Waals surface area contributed by atoms with Crippen molar-refractivity contribution in [3.63, 3.8) is 0 Å². The SMILES string of the molecule is CCCCCCCCC1OC1CCCCCCCC(=O)OCC(COC(=O)CCCCCCCC1OC1CC1OC1CCCCC)OOCCCCCCCCC1OC1CC1OC1CCCCC. The van der Waals surface area contributed by atoms with Crippen LogP contribution in [-0.4, -0.2) is 98.9 Å². The summed E-state index contributed by atoms with van der Waals surface area (Å²) in [6, 6.07) is 0. The van der Waals surface area contributed by atoms with Crippen LogP contribution in [0.3, 0.4) is 0 Å². The molecule has 11 unspecified atom stereocenters. The van der Waals surface area contributed by atoms with Crippen LogP contribution in [0.15, 0.2) is 0 Å². The molecule has 5 aliphatic heterocycles. The van der Waals surface area contributed by atoms with Gasteiger partial charge in [-0.05, 0) is 57.8 Å². The lowest BCUT2D eigenvalue weighted by Gasteiger charge is -2.17. The molecular weight excluding hydrogens is 861 g/mol. The molecule has 5 fully saturated rings. The molecular formula is C57H102O11. The summed E-state index contributed by atoms with van der Waals surface area (Å²) in [7, 11) is 0. The van der Waals surface area contributed by atoms with Gasteiger partial charge < -0.3 is 33.2 Å². The number of carbonyl (C=O) groups is 2.